The Labute approximate surface area is 172 Å². The number of methoxy groups -OCH3 is 1. The standard InChI is InChI=1S/C22H20N2O4S/c1-27-22(26)16-5-6-19(23-11-16)18-4-2-3-15-10-17(28-21(15)18)12-24-20(25)9-14-7-8-29-13-14/h2-8,11,13,17H,9-10,12H2,1H3,(H,24,25)/t17-/m1/s1. The van der Waals surface area contributed by atoms with Crippen LogP contribution >= 0.6 is 11.3 Å². The summed E-state index contributed by atoms with van der Waals surface area (Å²) in [5.41, 5.74) is 4.09. The SMILES string of the molecule is COC(=O)c1ccc(-c2cccc3c2O[C@@H](CNC(=O)Cc2ccsc2)C3)nc1. The first-order valence-corrected chi connectivity index (χ1v) is 10.2. The number of esters is 1. The second-order valence-corrected chi connectivity index (χ2v) is 7.55. The quantitative estimate of drug-likeness (QED) is 0.634. The van der Waals surface area contributed by atoms with Crippen LogP contribution in [-0.2, 0) is 22.4 Å². The summed E-state index contributed by atoms with van der Waals surface area (Å²) in [5, 5.41) is 6.90. The lowest BCUT2D eigenvalue weighted by atomic mass is 10.0. The van der Waals surface area contributed by atoms with E-state index in [9.17, 15) is 9.59 Å². The topological polar surface area (TPSA) is 77.5 Å². The highest BCUT2D eigenvalue weighted by Crippen LogP contribution is 2.37. The molecule has 0 aliphatic carbocycles. The monoisotopic (exact) mass is 408 g/mol. The minimum Gasteiger partial charge on any atom is -0.487 e. The average molecular weight is 408 g/mol. The Morgan fingerprint density at radius 1 is 1.28 bits per heavy atom. The molecule has 0 spiro atoms. The van der Waals surface area contributed by atoms with Crippen molar-refractivity contribution in [1.29, 1.82) is 0 Å². The maximum Gasteiger partial charge on any atom is 0.339 e. The summed E-state index contributed by atoms with van der Waals surface area (Å²) in [6.45, 7) is 0.450. The predicted octanol–water partition coefficient (Wildman–Crippen LogP) is 3.26. The van der Waals surface area contributed by atoms with Crippen LogP contribution in [0.2, 0.25) is 0 Å². The molecule has 2 aromatic heterocycles. The molecule has 29 heavy (non-hydrogen) atoms. The maximum atomic E-state index is 12.1. The summed E-state index contributed by atoms with van der Waals surface area (Å²) >= 11 is 1.58. The summed E-state index contributed by atoms with van der Waals surface area (Å²) in [6, 6.07) is 11.3. The first-order valence-electron chi connectivity index (χ1n) is 9.25. The molecule has 1 amide bonds. The van der Waals surface area contributed by atoms with Gasteiger partial charge in [-0.25, -0.2) is 4.79 Å². The lowest BCUT2D eigenvalue weighted by Crippen LogP contribution is -2.35. The number of ether oxygens (including phenoxy) is 2. The van der Waals surface area contributed by atoms with Crippen LogP contribution in [0.3, 0.4) is 0 Å². The number of carbonyl (C=O) groups is 2. The molecular weight excluding hydrogens is 388 g/mol. The van der Waals surface area contributed by atoms with Gasteiger partial charge in [0.05, 0.1) is 31.3 Å². The summed E-state index contributed by atoms with van der Waals surface area (Å²) in [5.74, 6) is 0.350. The molecule has 1 aliphatic rings. The van der Waals surface area contributed by atoms with Gasteiger partial charge in [-0.05, 0) is 46.2 Å². The summed E-state index contributed by atoms with van der Waals surface area (Å²) in [6.07, 6.45) is 2.48. The van der Waals surface area contributed by atoms with E-state index in [1.807, 2.05) is 35.0 Å². The van der Waals surface area contributed by atoms with Crippen molar-refractivity contribution in [3.8, 4) is 17.0 Å². The average Bonchev–Trinajstić information content (AvgIpc) is 3.41. The van der Waals surface area contributed by atoms with E-state index in [1.54, 1.807) is 23.5 Å². The van der Waals surface area contributed by atoms with Crippen molar-refractivity contribution >= 4 is 23.2 Å². The fraction of sp³-hybridized carbons (Fsp3) is 0.227. The van der Waals surface area contributed by atoms with Crippen LogP contribution < -0.4 is 10.1 Å². The van der Waals surface area contributed by atoms with E-state index in [1.165, 1.54) is 13.3 Å². The molecule has 3 aromatic rings. The Kier molecular flexibility index (Phi) is 5.57. The van der Waals surface area contributed by atoms with Crippen LogP contribution in [0, 0.1) is 0 Å². The van der Waals surface area contributed by atoms with Crippen LogP contribution in [0.5, 0.6) is 5.75 Å². The normalized spacial score (nSPS) is 14.7. The third-order valence-electron chi connectivity index (χ3n) is 4.76. The molecule has 0 unspecified atom stereocenters. The molecule has 0 saturated heterocycles. The number of nitrogens with one attached hydrogen (secondary N) is 1. The van der Waals surface area contributed by atoms with E-state index in [2.05, 4.69) is 10.3 Å². The molecule has 1 N–H and O–H groups in total. The number of rotatable bonds is 6. The molecule has 3 heterocycles. The van der Waals surface area contributed by atoms with Crippen LogP contribution in [0.25, 0.3) is 11.3 Å². The van der Waals surface area contributed by atoms with Gasteiger partial charge < -0.3 is 14.8 Å². The second kappa shape index (κ2) is 8.45. The smallest absolute Gasteiger partial charge is 0.339 e. The van der Waals surface area contributed by atoms with Crippen molar-refractivity contribution in [1.82, 2.24) is 10.3 Å². The number of hydrogen-bond donors (Lipinski definition) is 1. The zero-order chi connectivity index (χ0) is 20.2. The molecule has 6 nitrogen and oxygen atoms in total. The number of hydrogen-bond acceptors (Lipinski definition) is 6. The fourth-order valence-corrected chi connectivity index (χ4v) is 3.98. The van der Waals surface area contributed by atoms with Crippen molar-refractivity contribution in [2.45, 2.75) is 18.9 Å². The number of benzene rings is 1. The lowest BCUT2D eigenvalue weighted by Gasteiger charge is -2.13. The zero-order valence-corrected chi connectivity index (χ0v) is 16.7. The molecular formula is C22H20N2O4S. The summed E-state index contributed by atoms with van der Waals surface area (Å²) in [7, 11) is 1.34. The molecule has 0 fully saturated rings. The molecule has 4 rings (SSSR count). The zero-order valence-electron chi connectivity index (χ0n) is 15.9. The number of nitrogens with zero attached hydrogens (tertiary/aromatic N) is 1. The summed E-state index contributed by atoms with van der Waals surface area (Å²) in [4.78, 5) is 28.1. The number of aromatic nitrogens is 1. The van der Waals surface area contributed by atoms with Crippen molar-refractivity contribution < 1.29 is 19.1 Å². The fourth-order valence-electron chi connectivity index (χ4n) is 3.31. The Morgan fingerprint density at radius 3 is 2.90 bits per heavy atom. The lowest BCUT2D eigenvalue weighted by molar-refractivity contribution is -0.120. The molecule has 148 valence electrons. The van der Waals surface area contributed by atoms with E-state index in [-0.39, 0.29) is 12.0 Å². The van der Waals surface area contributed by atoms with Gasteiger partial charge >= 0.3 is 5.97 Å². The molecule has 1 aromatic carbocycles. The Bertz CT molecular complexity index is 1020. The van der Waals surface area contributed by atoms with Gasteiger partial charge in [0.2, 0.25) is 5.91 Å². The number of fused-ring (bicyclic) bond motifs is 1. The van der Waals surface area contributed by atoms with E-state index in [0.29, 0.717) is 18.5 Å². The van der Waals surface area contributed by atoms with Crippen LogP contribution in [0.15, 0.2) is 53.4 Å². The molecule has 0 bridgehead atoms. The van der Waals surface area contributed by atoms with Gasteiger partial charge in [-0.2, -0.15) is 11.3 Å². The first kappa shape index (κ1) is 19.1. The van der Waals surface area contributed by atoms with Crippen molar-refractivity contribution in [3.05, 3.63) is 70.0 Å². The van der Waals surface area contributed by atoms with E-state index in [0.717, 1.165) is 34.6 Å². The molecule has 0 radical (unpaired) electrons. The highest BCUT2D eigenvalue weighted by Gasteiger charge is 2.26. The highest BCUT2D eigenvalue weighted by molar-refractivity contribution is 7.08. The minimum atomic E-state index is -0.420. The minimum absolute atomic E-state index is 0.0109. The number of para-hydroxylation sites is 1. The van der Waals surface area contributed by atoms with Crippen molar-refractivity contribution in [3.63, 3.8) is 0 Å². The van der Waals surface area contributed by atoms with Crippen molar-refractivity contribution in [2.75, 3.05) is 13.7 Å². The van der Waals surface area contributed by atoms with Gasteiger partial charge in [-0.15, -0.1) is 0 Å². The van der Waals surface area contributed by atoms with E-state index < -0.39 is 5.97 Å². The number of thiophene rings is 1. The van der Waals surface area contributed by atoms with Gasteiger partial charge in [0, 0.05) is 18.2 Å². The second-order valence-electron chi connectivity index (χ2n) is 6.77. The first-order chi connectivity index (χ1) is 14.1. The molecule has 1 atom stereocenters. The largest absolute Gasteiger partial charge is 0.487 e. The van der Waals surface area contributed by atoms with Crippen LogP contribution in [0.4, 0.5) is 0 Å². The van der Waals surface area contributed by atoms with E-state index in [4.69, 9.17) is 9.47 Å². The molecule has 1 aliphatic heterocycles. The number of carbonyl (C=O) groups excluding carboxylic acids is 2. The highest BCUT2D eigenvalue weighted by atomic mass is 32.1. The molecule has 0 saturated carbocycles. The van der Waals surface area contributed by atoms with Crippen LogP contribution in [0.1, 0.15) is 21.5 Å². The van der Waals surface area contributed by atoms with Gasteiger partial charge in [0.1, 0.15) is 11.9 Å². The Balaban J connectivity index is 1.42. The third kappa shape index (κ3) is 4.30. The van der Waals surface area contributed by atoms with Gasteiger partial charge in [-0.1, -0.05) is 12.1 Å². The van der Waals surface area contributed by atoms with Gasteiger partial charge in [-0.3, -0.25) is 9.78 Å². The van der Waals surface area contributed by atoms with Gasteiger partial charge in [0.25, 0.3) is 0 Å². The Hall–Kier alpha value is -3.19. The summed E-state index contributed by atoms with van der Waals surface area (Å²) < 4.78 is 10.8. The van der Waals surface area contributed by atoms with Gasteiger partial charge in [0.15, 0.2) is 0 Å². The Morgan fingerprint density at radius 2 is 2.17 bits per heavy atom. The maximum absolute atomic E-state index is 12.1. The van der Waals surface area contributed by atoms with Crippen molar-refractivity contribution in [2.24, 2.45) is 0 Å². The van der Waals surface area contributed by atoms with Crippen LogP contribution in [-0.4, -0.2) is 36.6 Å². The number of amides is 1. The number of pyridine rings is 1. The predicted molar refractivity (Wildman–Crippen MR) is 110 cm³/mol. The third-order valence-corrected chi connectivity index (χ3v) is 5.49. The molecule has 7 heteroatoms. The van der Waals surface area contributed by atoms with E-state index >= 15 is 0 Å².